The lowest BCUT2D eigenvalue weighted by Gasteiger charge is -2.00. The summed E-state index contributed by atoms with van der Waals surface area (Å²) in [5, 5.41) is 3.99. The molecule has 6 heteroatoms. The van der Waals surface area contributed by atoms with E-state index >= 15 is 0 Å². The predicted molar refractivity (Wildman–Crippen MR) is 55.6 cm³/mol. The van der Waals surface area contributed by atoms with Crippen molar-refractivity contribution in [2.45, 2.75) is 19.4 Å². The Morgan fingerprint density at radius 1 is 1.50 bits per heavy atom. The number of nitrogens with zero attached hydrogens (tertiary/aromatic N) is 2. The first-order valence-corrected chi connectivity index (χ1v) is 6.50. The predicted octanol–water partition coefficient (Wildman–Crippen LogP) is 0.290. The van der Waals surface area contributed by atoms with Crippen LogP contribution in [0, 0.1) is 0 Å². The van der Waals surface area contributed by atoms with Gasteiger partial charge in [0.05, 0.1) is 0 Å². The standard InChI is InChI=1S/C8H15N3O2S/c1-14(12,13)7-3-2-5-11-6-4-8(9)10-11/h4,6H,2-3,5,7H2,1H3,(H2,9,10). The lowest BCUT2D eigenvalue weighted by molar-refractivity contribution is 0.563. The van der Waals surface area contributed by atoms with E-state index in [4.69, 9.17) is 5.73 Å². The Morgan fingerprint density at radius 2 is 2.21 bits per heavy atom. The van der Waals surface area contributed by atoms with E-state index in [1.807, 2.05) is 0 Å². The number of sulfone groups is 1. The smallest absolute Gasteiger partial charge is 0.147 e. The van der Waals surface area contributed by atoms with Gasteiger partial charge in [0.25, 0.3) is 0 Å². The van der Waals surface area contributed by atoms with Crippen molar-refractivity contribution in [3.05, 3.63) is 12.3 Å². The molecule has 0 fully saturated rings. The first-order valence-electron chi connectivity index (χ1n) is 4.44. The third-order valence-corrected chi connectivity index (χ3v) is 2.84. The molecule has 1 rings (SSSR count). The number of aromatic nitrogens is 2. The number of nitrogen functional groups attached to an aromatic ring is 1. The highest BCUT2D eigenvalue weighted by Gasteiger charge is 2.01. The first-order chi connectivity index (χ1) is 6.47. The lowest BCUT2D eigenvalue weighted by Crippen LogP contribution is -2.05. The van der Waals surface area contributed by atoms with Crippen molar-refractivity contribution in [2.75, 3.05) is 17.7 Å². The molecule has 0 atom stereocenters. The van der Waals surface area contributed by atoms with Gasteiger partial charge in [-0.05, 0) is 18.9 Å². The summed E-state index contributed by atoms with van der Waals surface area (Å²) in [6.07, 6.45) is 4.50. The molecule has 0 aromatic carbocycles. The monoisotopic (exact) mass is 217 g/mol. The summed E-state index contributed by atoms with van der Waals surface area (Å²) < 4.78 is 23.3. The number of hydrogen-bond donors (Lipinski definition) is 1. The summed E-state index contributed by atoms with van der Waals surface area (Å²) in [5.74, 6) is 0.733. The SMILES string of the molecule is CS(=O)(=O)CCCCn1ccc(N)n1. The van der Waals surface area contributed by atoms with E-state index in [0.717, 1.165) is 6.42 Å². The summed E-state index contributed by atoms with van der Waals surface area (Å²) >= 11 is 0. The third-order valence-electron chi connectivity index (χ3n) is 1.81. The van der Waals surface area contributed by atoms with Crippen LogP contribution in [0.1, 0.15) is 12.8 Å². The Labute approximate surface area is 83.8 Å². The van der Waals surface area contributed by atoms with E-state index in [-0.39, 0.29) is 5.75 Å². The molecule has 2 N–H and O–H groups in total. The number of aryl methyl sites for hydroxylation is 1. The van der Waals surface area contributed by atoms with Gasteiger partial charge in [-0.15, -0.1) is 0 Å². The average molecular weight is 217 g/mol. The van der Waals surface area contributed by atoms with Crippen LogP contribution in [0.25, 0.3) is 0 Å². The molecule has 0 spiro atoms. The van der Waals surface area contributed by atoms with Crippen LogP contribution in [0.2, 0.25) is 0 Å². The van der Waals surface area contributed by atoms with E-state index in [9.17, 15) is 8.42 Å². The van der Waals surface area contributed by atoms with Crippen molar-refractivity contribution in [3.63, 3.8) is 0 Å². The molecule has 0 bridgehead atoms. The fourth-order valence-electron chi connectivity index (χ4n) is 1.14. The Bertz CT molecular complexity index is 383. The Kier molecular flexibility index (Phi) is 3.51. The average Bonchev–Trinajstić information content (AvgIpc) is 2.44. The highest BCUT2D eigenvalue weighted by molar-refractivity contribution is 7.90. The lowest BCUT2D eigenvalue weighted by atomic mass is 10.3. The van der Waals surface area contributed by atoms with Gasteiger partial charge in [0.2, 0.25) is 0 Å². The number of unbranched alkanes of at least 4 members (excludes halogenated alkanes) is 1. The zero-order chi connectivity index (χ0) is 10.6. The molecule has 0 aliphatic heterocycles. The van der Waals surface area contributed by atoms with Gasteiger partial charge in [-0.1, -0.05) is 0 Å². The van der Waals surface area contributed by atoms with Crippen molar-refractivity contribution >= 4 is 15.7 Å². The van der Waals surface area contributed by atoms with Crippen LogP contribution in [-0.4, -0.2) is 30.2 Å². The van der Waals surface area contributed by atoms with Crippen LogP contribution in [0.5, 0.6) is 0 Å². The quantitative estimate of drug-likeness (QED) is 0.719. The van der Waals surface area contributed by atoms with Crippen LogP contribution in [-0.2, 0) is 16.4 Å². The van der Waals surface area contributed by atoms with E-state index < -0.39 is 9.84 Å². The molecule has 0 radical (unpaired) electrons. The fraction of sp³-hybridized carbons (Fsp3) is 0.625. The maximum absolute atomic E-state index is 10.8. The van der Waals surface area contributed by atoms with Gasteiger partial charge in [-0.2, -0.15) is 5.10 Å². The van der Waals surface area contributed by atoms with Crippen LogP contribution in [0.4, 0.5) is 5.82 Å². The molecule has 80 valence electrons. The van der Waals surface area contributed by atoms with Gasteiger partial charge in [0, 0.05) is 24.8 Å². The highest BCUT2D eigenvalue weighted by Crippen LogP contribution is 2.00. The van der Waals surface area contributed by atoms with E-state index in [2.05, 4.69) is 5.10 Å². The molecule has 0 unspecified atom stereocenters. The summed E-state index contributed by atoms with van der Waals surface area (Å²) in [4.78, 5) is 0. The van der Waals surface area contributed by atoms with E-state index in [0.29, 0.717) is 18.8 Å². The zero-order valence-corrected chi connectivity index (χ0v) is 9.00. The largest absolute Gasteiger partial charge is 0.382 e. The summed E-state index contributed by atoms with van der Waals surface area (Å²) in [6.45, 7) is 0.715. The number of hydrogen-bond acceptors (Lipinski definition) is 4. The number of nitrogens with two attached hydrogens (primary N) is 1. The molecule has 1 heterocycles. The minimum atomic E-state index is -2.83. The Morgan fingerprint density at radius 3 is 2.71 bits per heavy atom. The highest BCUT2D eigenvalue weighted by atomic mass is 32.2. The van der Waals surface area contributed by atoms with E-state index in [1.54, 1.807) is 16.9 Å². The molecule has 0 saturated heterocycles. The molecule has 14 heavy (non-hydrogen) atoms. The fourth-order valence-corrected chi connectivity index (χ4v) is 1.87. The van der Waals surface area contributed by atoms with Crippen molar-refractivity contribution in [1.29, 1.82) is 0 Å². The molecule has 5 nitrogen and oxygen atoms in total. The van der Waals surface area contributed by atoms with Gasteiger partial charge >= 0.3 is 0 Å². The van der Waals surface area contributed by atoms with Crippen LogP contribution < -0.4 is 5.73 Å². The van der Waals surface area contributed by atoms with Crippen LogP contribution in [0.3, 0.4) is 0 Å². The molecule has 1 aromatic rings. The molecule has 0 aliphatic rings. The maximum atomic E-state index is 10.8. The van der Waals surface area contributed by atoms with Crippen molar-refractivity contribution < 1.29 is 8.42 Å². The molecule has 1 aromatic heterocycles. The van der Waals surface area contributed by atoms with Gasteiger partial charge in [-0.3, -0.25) is 4.68 Å². The third kappa shape index (κ3) is 4.27. The Hall–Kier alpha value is -1.04. The molecular weight excluding hydrogens is 202 g/mol. The number of rotatable bonds is 5. The normalized spacial score (nSPS) is 11.8. The maximum Gasteiger partial charge on any atom is 0.147 e. The van der Waals surface area contributed by atoms with Crippen LogP contribution >= 0.6 is 0 Å². The Balaban J connectivity index is 2.23. The van der Waals surface area contributed by atoms with Crippen molar-refractivity contribution in [3.8, 4) is 0 Å². The van der Waals surface area contributed by atoms with Gasteiger partial charge < -0.3 is 5.73 Å². The second-order valence-electron chi connectivity index (χ2n) is 3.34. The molecular formula is C8H15N3O2S. The molecule has 0 aliphatic carbocycles. The van der Waals surface area contributed by atoms with Gasteiger partial charge in [0.1, 0.15) is 15.7 Å². The molecule has 0 amide bonds. The second-order valence-corrected chi connectivity index (χ2v) is 5.60. The molecule has 0 saturated carbocycles. The summed E-state index contributed by atoms with van der Waals surface area (Å²) in [7, 11) is -2.83. The first kappa shape index (κ1) is 11.0. The minimum absolute atomic E-state index is 0.240. The van der Waals surface area contributed by atoms with Crippen LogP contribution in [0.15, 0.2) is 12.3 Å². The van der Waals surface area contributed by atoms with Crippen molar-refractivity contribution in [2.24, 2.45) is 0 Å². The van der Waals surface area contributed by atoms with Gasteiger partial charge in [-0.25, -0.2) is 8.42 Å². The van der Waals surface area contributed by atoms with Gasteiger partial charge in [0.15, 0.2) is 0 Å². The summed E-state index contributed by atoms with van der Waals surface area (Å²) in [6, 6.07) is 1.72. The van der Waals surface area contributed by atoms with Crippen molar-refractivity contribution in [1.82, 2.24) is 9.78 Å². The van der Waals surface area contributed by atoms with E-state index in [1.165, 1.54) is 6.26 Å². The minimum Gasteiger partial charge on any atom is -0.382 e. The topological polar surface area (TPSA) is 78.0 Å². The number of anilines is 1. The zero-order valence-electron chi connectivity index (χ0n) is 8.18. The second kappa shape index (κ2) is 4.45. The summed E-state index contributed by atoms with van der Waals surface area (Å²) in [5.41, 5.74) is 5.42.